The fourth-order valence-corrected chi connectivity index (χ4v) is 3.38. The summed E-state index contributed by atoms with van der Waals surface area (Å²) in [4.78, 5) is 0. The predicted molar refractivity (Wildman–Crippen MR) is 108 cm³/mol. The van der Waals surface area contributed by atoms with E-state index in [-0.39, 0.29) is 0 Å². The average Bonchev–Trinajstić information content (AvgIpc) is 3.06. The maximum atomic E-state index is 8.82. The molecule has 0 aliphatic carbocycles. The summed E-state index contributed by atoms with van der Waals surface area (Å²) in [5.74, 6) is 0. The number of hydrogen-bond acceptors (Lipinski definition) is 1. The molecule has 4 aromatic rings. The normalized spacial score (nSPS) is 10.7. The van der Waals surface area contributed by atoms with Gasteiger partial charge in [-0.2, -0.15) is 0 Å². The molecule has 1 heterocycles. The minimum Gasteiger partial charge on any atom is -0.313 e. The Hall–Kier alpha value is -3.39. The molecule has 1 N–H and O–H groups in total. The van der Waals surface area contributed by atoms with Gasteiger partial charge in [0.25, 0.3) is 0 Å². The zero-order valence-corrected chi connectivity index (χ0v) is 14.7. The van der Waals surface area contributed by atoms with Crippen LogP contribution in [0.3, 0.4) is 0 Å². The minimum atomic E-state index is 0.544. The summed E-state index contributed by atoms with van der Waals surface area (Å²) in [5.41, 5.74) is 6.81. The monoisotopic (exact) mass is 336 g/mol. The summed E-state index contributed by atoms with van der Waals surface area (Å²) in [6.07, 6.45) is 0. The molecule has 0 atom stereocenters. The van der Waals surface area contributed by atoms with Crippen molar-refractivity contribution in [2.24, 2.45) is 0 Å². The predicted octanol–water partition coefficient (Wildman–Crippen LogP) is 5.87. The van der Waals surface area contributed by atoms with Gasteiger partial charge in [-0.15, -0.1) is 0 Å². The summed E-state index contributed by atoms with van der Waals surface area (Å²) in [7, 11) is 0. The van der Waals surface area contributed by atoms with Crippen LogP contribution in [0.4, 0.5) is 0 Å². The fourth-order valence-electron chi connectivity index (χ4n) is 3.38. The second-order valence-electron chi connectivity index (χ2n) is 6.33. The highest BCUT2D eigenvalue weighted by atomic mass is 15.0. The lowest BCUT2D eigenvalue weighted by Crippen LogP contribution is -2.05. The summed E-state index contributed by atoms with van der Waals surface area (Å²) >= 11 is 0. The van der Waals surface area contributed by atoms with Crippen molar-refractivity contribution in [1.29, 1.82) is 5.41 Å². The lowest BCUT2D eigenvalue weighted by Gasteiger charge is -2.14. The maximum Gasteiger partial charge on any atom is 0.0706 e. The van der Waals surface area contributed by atoms with E-state index in [1.165, 1.54) is 0 Å². The van der Waals surface area contributed by atoms with Gasteiger partial charge in [-0.05, 0) is 30.7 Å². The fraction of sp³-hybridized carbons (Fsp3) is 0.0417. The molecular weight excluding hydrogens is 316 g/mol. The van der Waals surface area contributed by atoms with Crippen LogP contribution in [0.2, 0.25) is 0 Å². The van der Waals surface area contributed by atoms with Gasteiger partial charge in [0, 0.05) is 22.5 Å². The van der Waals surface area contributed by atoms with Crippen molar-refractivity contribution < 1.29 is 0 Å². The molecule has 0 fully saturated rings. The van der Waals surface area contributed by atoms with E-state index >= 15 is 0 Å². The van der Waals surface area contributed by atoms with Crippen LogP contribution in [-0.4, -0.2) is 10.3 Å². The first-order chi connectivity index (χ1) is 12.8. The van der Waals surface area contributed by atoms with Gasteiger partial charge < -0.3 is 4.57 Å². The molecule has 0 spiro atoms. The van der Waals surface area contributed by atoms with Crippen molar-refractivity contribution in [1.82, 2.24) is 4.57 Å². The molecule has 0 aliphatic rings. The molecule has 0 unspecified atom stereocenters. The van der Waals surface area contributed by atoms with Crippen LogP contribution in [0.5, 0.6) is 0 Å². The number of rotatable bonds is 4. The maximum absolute atomic E-state index is 8.82. The molecule has 4 rings (SSSR count). The van der Waals surface area contributed by atoms with Crippen molar-refractivity contribution in [3.8, 4) is 16.9 Å². The van der Waals surface area contributed by atoms with Crippen LogP contribution < -0.4 is 0 Å². The molecule has 2 nitrogen and oxygen atoms in total. The van der Waals surface area contributed by atoms with Gasteiger partial charge in [0.2, 0.25) is 0 Å². The molecule has 126 valence electrons. The summed E-state index contributed by atoms with van der Waals surface area (Å²) in [6, 6.07) is 32.7. The van der Waals surface area contributed by atoms with Crippen LogP contribution in [0.15, 0.2) is 97.1 Å². The number of nitrogens with one attached hydrogen (secondary N) is 1. The Morgan fingerprint density at radius 3 is 1.88 bits per heavy atom. The molecule has 26 heavy (non-hydrogen) atoms. The number of nitrogens with zero attached hydrogens (tertiary/aromatic N) is 1. The quantitative estimate of drug-likeness (QED) is 0.452. The lowest BCUT2D eigenvalue weighted by molar-refractivity contribution is 1.02. The molecule has 1 aromatic heterocycles. The molecule has 2 heteroatoms. The van der Waals surface area contributed by atoms with E-state index < -0.39 is 0 Å². The highest BCUT2D eigenvalue weighted by Crippen LogP contribution is 2.32. The Kier molecular flexibility index (Phi) is 4.24. The average molecular weight is 336 g/mol. The molecule has 0 saturated heterocycles. The molecule has 0 saturated carbocycles. The highest BCUT2D eigenvalue weighted by Gasteiger charge is 2.19. The first-order valence-corrected chi connectivity index (χ1v) is 8.73. The van der Waals surface area contributed by atoms with Gasteiger partial charge in [-0.25, -0.2) is 0 Å². The van der Waals surface area contributed by atoms with E-state index in [4.69, 9.17) is 5.41 Å². The molecular formula is C24H20N2. The van der Waals surface area contributed by atoms with Gasteiger partial charge in [0.1, 0.15) is 0 Å². The zero-order chi connectivity index (χ0) is 17.9. The van der Waals surface area contributed by atoms with Gasteiger partial charge >= 0.3 is 0 Å². The van der Waals surface area contributed by atoms with E-state index in [0.29, 0.717) is 5.71 Å². The first kappa shape index (κ1) is 16.1. The summed E-state index contributed by atoms with van der Waals surface area (Å²) in [6.45, 7) is 2.10. The Morgan fingerprint density at radius 2 is 1.27 bits per heavy atom. The van der Waals surface area contributed by atoms with E-state index in [1.807, 2.05) is 66.7 Å². The minimum absolute atomic E-state index is 0.544. The smallest absolute Gasteiger partial charge is 0.0706 e. The van der Waals surface area contributed by atoms with E-state index in [2.05, 4.69) is 41.8 Å². The van der Waals surface area contributed by atoms with Crippen LogP contribution in [-0.2, 0) is 0 Å². The third kappa shape index (κ3) is 2.86. The van der Waals surface area contributed by atoms with Crippen molar-refractivity contribution in [3.63, 3.8) is 0 Å². The standard InChI is InChI=1S/C24H20N2/c1-18-17-22(23(25)19-11-5-2-6-12-19)24(20-13-7-3-8-14-20)26(18)21-15-9-4-10-16-21/h2-17,25H,1H3. The van der Waals surface area contributed by atoms with E-state index in [0.717, 1.165) is 33.8 Å². The molecule has 0 amide bonds. The summed E-state index contributed by atoms with van der Waals surface area (Å²) in [5, 5.41) is 8.82. The van der Waals surface area contributed by atoms with Gasteiger partial charge in [0.15, 0.2) is 0 Å². The number of aromatic nitrogens is 1. The molecule has 0 aliphatic heterocycles. The third-order valence-electron chi connectivity index (χ3n) is 4.58. The number of para-hydroxylation sites is 1. The molecule has 0 radical (unpaired) electrons. The highest BCUT2D eigenvalue weighted by molar-refractivity contribution is 6.14. The van der Waals surface area contributed by atoms with Gasteiger partial charge in [0.05, 0.1) is 11.4 Å². The second-order valence-corrected chi connectivity index (χ2v) is 6.33. The Labute approximate surface area is 153 Å². The summed E-state index contributed by atoms with van der Waals surface area (Å²) < 4.78 is 2.24. The Bertz CT molecular complexity index is 1030. The van der Waals surface area contributed by atoms with E-state index in [9.17, 15) is 0 Å². The Balaban J connectivity index is 1.97. The van der Waals surface area contributed by atoms with Crippen molar-refractivity contribution in [3.05, 3.63) is 114 Å². The van der Waals surface area contributed by atoms with Crippen molar-refractivity contribution in [2.45, 2.75) is 6.92 Å². The van der Waals surface area contributed by atoms with Gasteiger partial charge in [-0.3, -0.25) is 5.41 Å². The van der Waals surface area contributed by atoms with Crippen LogP contribution in [0.25, 0.3) is 16.9 Å². The number of benzene rings is 3. The second kappa shape index (κ2) is 6.85. The zero-order valence-electron chi connectivity index (χ0n) is 14.7. The SMILES string of the molecule is Cc1cc(C(=N)c2ccccc2)c(-c2ccccc2)n1-c1ccccc1. The van der Waals surface area contributed by atoms with Crippen molar-refractivity contribution in [2.75, 3.05) is 0 Å². The van der Waals surface area contributed by atoms with E-state index in [1.54, 1.807) is 0 Å². The molecule has 3 aromatic carbocycles. The number of hydrogen-bond donors (Lipinski definition) is 1. The van der Waals surface area contributed by atoms with Crippen LogP contribution in [0, 0.1) is 12.3 Å². The third-order valence-corrected chi connectivity index (χ3v) is 4.58. The molecule has 0 bridgehead atoms. The van der Waals surface area contributed by atoms with Gasteiger partial charge in [-0.1, -0.05) is 78.9 Å². The lowest BCUT2D eigenvalue weighted by atomic mass is 9.99. The first-order valence-electron chi connectivity index (χ1n) is 8.73. The van der Waals surface area contributed by atoms with Crippen molar-refractivity contribution >= 4 is 5.71 Å². The van der Waals surface area contributed by atoms with Crippen LogP contribution in [0.1, 0.15) is 16.8 Å². The van der Waals surface area contributed by atoms with Crippen LogP contribution >= 0.6 is 0 Å². The topological polar surface area (TPSA) is 28.8 Å². The Morgan fingerprint density at radius 1 is 0.731 bits per heavy atom. The largest absolute Gasteiger partial charge is 0.313 e. The number of aryl methyl sites for hydroxylation is 1.